The Bertz CT molecular complexity index is 1380. The lowest BCUT2D eigenvalue weighted by Gasteiger charge is -2.20. The van der Waals surface area contributed by atoms with Crippen LogP contribution in [0.1, 0.15) is 74.9 Å². The van der Waals surface area contributed by atoms with Gasteiger partial charge in [0.05, 0.1) is 16.8 Å². The number of halogens is 4. The maximum absolute atomic E-state index is 12.9. The largest absolute Gasteiger partial charge is 0.480 e. The van der Waals surface area contributed by atoms with E-state index in [2.05, 4.69) is 10.6 Å². The van der Waals surface area contributed by atoms with Crippen molar-refractivity contribution < 1.29 is 32.6 Å². The summed E-state index contributed by atoms with van der Waals surface area (Å²) >= 11 is 6.09. The number of nitrogens with zero attached hydrogens (tertiary/aromatic N) is 2. The average molecular weight is 609 g/mol. The van der Waals surface area contributed by atoms with E-state index in [1.807, 2.05) is 55.8 Å². The smallest absolute Gasteiger partial charge is 0.425 e. The van der Waals surface area contributed by atoms with E-state index in [-0.39, 0.29) is 47.4 Å². The predicted octanol–water partition coefficient (Wildman–Crippen LogP) is 6.03. The van der Waals surface area contributed by atoms with Gasteiger partial charge in [0.1, 0.15) is 11.6 Å². The van der Waals surface area contributed by atoms with E-state index in [4.69, 9.17) is 21.3 Å². The fourth-order valence-corrected chi connectivity index (χ4v) is 4.62. The lowest BCUT2D eigenvalue weighted by molar-refractivity contribution is -0.189. The van der Waals surface area contributed by atoms with Crippen LogP contribution in [0.4, 0.5) is 13.2 Å². The second-order valence-electron chi connectivity index (χ2n) is 10.4. The molecule has 0 radical (unpaired) electrons. The van der Waals surface area contributed by atoms with Gasteiger partial charge in [0.15, 0.2) is 6.10 Å². The third-order valence-corrected chi connectivity index (χ3v) is 6.92. The first-order chi connectivity index (χ1) is 19.7. The number of benzene rings is 2. The number of carbonyl (C=O) groups is 2. The average Bonchev–Trinajstić information content (AvgIpc) is 3.36. The highest BCUT2D eigenvalue weighted by molar-refractivity contribution is 6.32. The van der Waals surface area contributed by atoms with E-state index in [9.17, 15) is 27.9 Å². The summed E-state index contributed by atoms with van der Waals surface area (Å²) in [6.07, 6.45) is -3.95. The van der Waals surface area contributed by atoms with Gasteiger partial charge in [-0.1, -0.05) is 35.9 Å². The standard InChI is InChI=1S/C30H36ClF3N4O4/c1-17(2)38-16-26(37-28(38)18(3)35-20(5)40)22-8-6-21(7-9-22)14-24(12-13-39)36-29(41)23-10-11-27(25(31)15-23)42-19(4)30(32,33)34/h6-11,15-19,24,39H,12-14H2,1-5H3,(H,35,40)(H,36,41)/t18-,19-,24-/m1/s1. The Kier molecular flexibility index (Phi) is 11.0. The molecule has 0 aliphatic carbocycles. The van der Waals surface area contributed by atoms with Crippen molar-refractivity contribution in [1.82, 2.24) is 20.2 Å². The molecular weight excluding hydrogens is 573 g/mol. The molecule has 0 saturated carbocycles. The topological polar surface area (TPSA) is 105 Å². The molecule has 3 N–H and O–H groups in total. The number of alkyl halides is 3. The van der Waals surface area contributed by atoms with Gasteiger partial charge in [0.25, 0.3) is 5.91 Å². The maximum Gasteiger partial charge on any atom is 0.425 e. The number of nitrogens with one attached hydrogen (secondary N) is 2. The van der Waals surface area contributed by atoms with Crippen LogP contribution in [0.25, 0.3) is 11.3 Å². The van der Waals surface area contributed by atoms with Crippen molar-refractivity contribution in [1.29, 1.82) is 0 Å². The summed E-state index contributed by atoms with van der Waals surface area (Å²) < 4.78 is 45.4. The fourth-order valence-electron chi connectivity index (χ4n) is 4.39. The summed E-state index contributed by atoms with van der Waals surface area (Å²) in [4.78, 5) is 29.2. The molecule has 228 valence electrons. The number of aliphatic hydroxyl groups excluding tert-OH is 1. The molecule has 0 spiro atoms. The molecule has 2 aromatic carbocycles. The van der Waals surface area contributed by atoms with Crippen molar-refractivity contribution in [2.45, 2.75) is 77.9 Å². The third-order valence-electron chi connectivity index (χ3n) is 6.63. The summed E-state index contributed by atoms with van der Waals surface area (Å²) in [5.41, 5.74) is 2.71. The van der Waals surface area contributed by atoms with Crippen molar-refractivity contribution in [3.8, 4) is 17.0 Å². The van der Waals surface area contributed by atoms with Gasteiger partial charge in [0, 0.05) is 42.9 Å². The first-order valence-corrected chi connectivity index (χ1v) is 14.0. The number of rotatable bonds is 12. The van der Waals surface area contributed by atoms with Crippen molar-refractivity contribution in [3.63, 3.8) is 0 Å². The van der Waals surface area contributed by atoms with Gasteiger partial charge >= 0.3 is 6.18 Å². The van der Waals surface area contributed by atoms with E-state index in [0.29, 0.717) is 6.42 Å². The van der Waals surface area contributed by atoms with Gasteiger partial charge in [-0.2, -0.15) is 13.2 Å². The number of ether oxygens (including phenoxy) is 1. The Morgan fingerprint density at radius 3 is 2.29 bits per heavy atom. The summed E-state index contributed by atoms with van der Waals surface area (Å²) in [6.45, 7) is 8.14. The van der Waals surface area contributed by atoms with Crippen LogP contribution in [0.2, 0.25) is 5.02 Å². The van der Waals surface area contributed by atoms with Gasteiger partial charge in [-0.3, -0.25) is 9.59 Å². The van der Waals surface area contributed by atoms with Gasteiger partial charge in [-0.05, 0) is 64.3 Å². The highest BCUT2D eigenvalue weighted by Crippen LogP contribution is 2.31. The second kappa shape index (κ2) is 14.1. The second-order valence-corrected chi connectivity index (χ2v) is 10.8. The van der Waals surface area contributed by atoms with E-state index >= 15 is 0 Å². The number of carbonyl (C=O) groups excluding carboxylic acids is 2. The Morgan fingerprint density at radius 1 is 1.07 bits per heavy atom. The lowest BCUT2D eigenvalue weighted by Crippen LogP contribution is -2.37. The minimum Gasteiger partial charge on any atom is -0.480 e. The number of aromatic nitrogens is 2. The van der Waals surface area contributed by atoms with Crippen LogP contribution in [0.15, 0.2) is 48.7 Å². The zero-order valence-electron chi connectivity index (χ0n) is 24.1. The minimum absolute atomic E-state index is 0.123. The van der Waals surface area contributed by atoms with Crippen molar-refractivity contribution >= 4 is 23.4 Å². The third kappa shape index (κ3) is 8.72. The summed E-state index contributed by atoms with van der Waals surface area (Å²) in [6, 6.07) is 11.0. The molecule has 0 saturated heterocycles. The van der Waals surface area contributed by atoms with Crippen LogP contribution >= 0.6 is 11.6 Å². The maximum atomic E-state index is 12.9. The van der Waals surface area contributed by atoms with Crippen LogP contribution in [0, 0.1) is 0 Å². The molecular formula is C30H36ClF3N4O4. The van der Waals surface area contributed by atoms with Crippen molar-refractivity contribution in [2.24, 2.45) is 0 Å². The summed E-state index contributed by atoms with van der Waals surface area (Å²) in [5.74, 6) is -0.0529. The molecule has 0 fully saturated rings. The van der Waals surface area contributed by atoms with Gasteiger partial charge in [0.2, 0.25) is 5.91 Å². The molecule has 3 rings (SSSR count). The molecule has 8 nitrogen and oxygen atoms in total. The number of aliphatic hydroxyl groups is 1. The Morgan fingerprint density at radius 2 is 1.74 bits per heavy atom. The molecule has 1 aromatic heterocycles. The molecule has 2 amide bonds. The summed E-state index contributed by atoms with van der Waals surface area (Å²) in [7, 11) is 0. The zero-order chi connectivity index (χ0) is 31.2. The van der Waals surface area contributed by atoms with Crippen LogP contribution in [-0.2, 0) is 11.2 Å². The minimum atomic E-state index is -4.56. The molecule has 12 heteroatoms. The number of imidazole rings is 1. The molecule has 3 aromatic rings. The molecule has 1 heterocycles. The SMILES string of the molecule is CC(=O)N[C@H](C)c1nc(-c2ccc(C[C@@H](CCO)NC(=O)c3ccc(O[C@H](C)C(F)(F)F)c(Cl)c3)cc2)cn1C(C)C. The number of amides is 2. The fraction of sp³-hybridized carbons (Fsp3) is 0.433. The van der Waals surface area contributed by atoms with E-state index < -0.39 is 24.2 Å². The van der Waals surface area contributed by atoms with Crippen molar-refractivity contribution in [3.05, 3.63) is 70.6 Å². The normalized spacial score (nSPS) is 13.9. The highest BCUT2D eigenvalue weighted by atomic mass is 35.5. The Balaban J connectivity index is 1.71. The number of hydrogen-bond acceptors (Lipinski definition) is 5. The highest BCUT2D eigenvalue weighted by Gasteiger charge is 2.38. The van der Waals surface area contributed by atoms with E-state index in [1.165, 1.54) is 25.1 Å². The van der Waals surface area contributed by atoms with E-state index in [1.54, 1.807) is 0 Å². The van der Waals surface area contributed by atoms with Crippen LogP contribution in [-0.4, -0.2) is 51.4 Å². The first-order valence-electron chi connectivity index (χ1n) is 13.6. The molecule has 0 unspecified atom stereocenters. The molecule has 42 heavy (non-hydrogen) atoms. The quantitative estimate of drug-likeness (QED) is 0.233. The molecule has 0 bridgehead atoms. The van der Waals surface area contributed by atoms with Gasteiger partial charge in [-0.15, -0.1) is 0 Å². The number of hydrogen-bond donors (Lipinski definition) is 3. The summed E-state index contributed by atoms with van der Waals surface area (Å²) in [5, 5.41) is 15.2. The molecule has 0 aliphatic heterocycles. The van der Waals surface area contributed by atoms with E-state index in [0.717, 1.165) is 29.6 Å². The molecule has 0 aliphatic rings. The van der Waals surface area contributed by atoms with Crippen LogP contribution in [0.3, 0.4) is 0 Å². The van der Waals surface area contributed by atoms with Crippen molar-refractivity contribution in [2.75, 3.05) is 6.61 Å². The first kappa shape index (κ1) is 32.9. The van der Waals surface area contributed by atoms with Crippen LogP contribution in [0.5, 0.6) is 5.75 Å². The zero-order valence-corrected chi connectivity index (χ0v) is 24.9. The Labute approximate surface area is 248 Å². The Hall–Kier alpha value is -3.57. The predicted molar refractivity (Wildman–Crippen MR) is 155 cm³/mol. The van der Waals surface area contributed by atoms with Gasteiger partial charge < -0.3 is 25.0 Å². The van der Waals surface area contributed by atoms with Crippen LogP contribution < -0.4 is 15.4 Å². The lowest BCUT2D eigenvalue weighted by atomic mass is 10.0. The molecule has 3 atom stereocenters. The van der Waals surface area contributed by atoms with Gasteiger partial charge in [-0.25, -0.2) is 4.98 Å². The monoisotopic (exact) mass is 608 g/mol.